The van der Waals surface area contributed by atoms with E-state index in [9.17, 15) is 4.79 Å². The number of methoxy groups -OCH3 is 1. The van der Waals surface area contributed by atoms with Crippen LogP contribution < -0.4 is 4.74 Å². The second kappa shape index (κ2) is 3.71. The molecule has 1 aromatic rings. The van der Waals surface area contributed by atoms with Crippen LogP contribution in [-0.2, 0) is 6.54 Å². The lowest BCUT2D eigenvalue weighted by Crippen LogP contribution is -1.95. The zero-order chi connectivity index (χ0) is 8.97. The van der Waals surface area contributed by atoms with Crippen molar-refractivity contribution in [3.63, 3.8) is 0 Å². The van der Waals surface area contributed by atoms with Gasteiger partial charge in [-0.3, -0.25) is 9.48 Å². The number of rotatable bonds is 4. The predicted octanol–water partition coefficient (Wildman–Crippen LogP) is 0.890. The van der Waals surface area contributed by atoms with Crippen molar-refractivity contribution in [2.24, 2.45) is 0 Å². The van der Waals surface area contributed by atoms with Crippen LogP contribution in [0.4, 0.5) is 0 Å². The summed E-state index contributed by atoms with van der Waals surface area (Å²) in [5.74, 6) is 0.354. The van der Waals surface area contributed by atoms with Crippen LogP contribution in [0.1, 0.15) is 10.4 Å². The average Bonchev–Trinajstić information content (AvgIpc) is 2.48. The van der Waals surface area contributed by atoms with Crippen molar-refractivity contribution in [2.45, 2.75) is 6.54 Å². The van der Waals surface area contributed by atoms with Crippen molar-refractivity contribution in [1.29, 1.82) is 0 Å². The minimum atomic E-state index is 0.354. The van der Waals surface area contributed by atoms with E-state index in [0.29, 0.717) is 24.3 Å². The molecule has 4 heteroatoms. The molecule has 0 fully saturated rings. The van der Waals surface area contributed by atoms with E-state index < -0.39 is 0 Å². The maximum absolute atomic E-state index is 10.4. The van der Waals surface area contributed by atoms with Crippen molar-refractivity contribution in [3.8, 4) is 5.88 Å². The largest absolute Gasteiger partial charge is 0.479 e. The van der Waals surface area contributed by atoms with E-state index in [2.05, 4.69) is 11.7 Å². The first-order valence-corrected chi connectivity index (χ1v) is 3.49. The number of aromatic nitrogens is 2. The van der Waals surface area contributed by atoms with Gasteiger partial charge < -0.3 is 4.74 Å². The summed E-state index contributed by atoms with van der Waals surface area (Å²) < 4.78 is 6.46. The number of hydrogen-bond donors (Lipinski definition) is 0. The third-order valence-electron chi connectivity index (χ3n) is 1.39. The van der Waals surface area contributed by atoms with E-state index in [1.165, 1.54) is 7.11 Å². The van der Waals surface area contributed by atoms with Crippen LogP contribution >= 0.6 is 0 Å². The van der Waals surface area contributed by atoms with Gasteiger partial charge in [0.1, 0.15) is 0 Å². The molecule has 0 radical (unpaired) electrons. The smallest absolute Gasteiger partial charge is 0.243 e. The Morgan fingerprint density at radius 2 is 2.58 bits per heavy atom. The molecular weight excluding hydrogens is 156 g/mol. The average molecular weight is 166 g/mol. The van der Waals surface area contributed by atoms with Crippen LogP contribution in [0.15, 0.2) is 18.9 Å². The summed E-state index contributed by atoms with van der Waals surface area (Å²) in [6, 6.07) is 0. The Morgan fingerprint density at radius 1 is 1.83 bits per heavy atom. The number of hydrogen-bond acceptors (Lipinski definition) is 3. The molecule has 12 heavy (non-hydrogen) atoms. The zero-order valence-electron chi connectivity index (χ0n) is 6.86. The molecule has 4 nitrogen and oxygen atoms in total. The number of allylic oxidation sites excluding steroid dienone is 1. The lowest BCUT2D eigenvalue weighted by molar-refractivity contribution is 0.112. The molecule has 0 atom stereocenters. The normalized spacial score (nSPS) is 9.42. The number of carbonyl (C=O) groups excluding carboxylic acids is 1. The van der Waals surface area contributed by atoms with Crippen LogP contribution in [0.3, 0.4) is 0 Å². The van der Waals surface area contributed by atoms with Gasteiger partial charge in [0.25, 0.3) is 0 Å². The monoisotopic (exact) mass is 166 g/mol. The van der Waals surface area contributed by atoms with Gasteiger partial charge in [0.2, 0.25) is 5.88 Å². The first kappa shape index (κ1) is 8.52. The molecule has 0 saturated heterocycles. The number of aldehydes is 1. The lowest BCUT2D eigenvalue weighted by Gasteiger charge is -1.92. The van der Waals surface area contributed by atoms with Crippen LogP contribution in [0.2, 0.25) is 0 Å². The Balaban J connectivity index is 2.96. The van der Waals surface area contributed by atoms with E-state index in [0.717, 1.165) is 0 Å². The molecule has 1 aromatic heterocycles. The Labute approximate surface area is 70.4 Å². The molecule has 0 N–H and O–H groups in total. The highest BCUT2D eigenvalue weighted by Crippen LogP contribution is 2.12. The van der Waals surface area contributed by atoms with E-state index >= 15 is 0 Å². The summed E-state index contributed by atoms with van der Waals surface area (Å²) in [5, 5.41) is 3.98. The van der Waals surface area contributed by atoms with Gasteiger partial charge >= 0.3 is 0 Å². The molecule has 0 aromatic carbocycles. The minimum Gasteiger partial charge on any atom is -0.479 e. The summed E-state index contributed by atoms with van der Waals surface area (Å²) in [7, 11) is 1.48. The minimum absolute atomic E-state index is 0.354. The Morgan fingerprint density at radius 3 is 3.00 bits per heavy atom. The van der Waals surface area contributed by atoms with Crippen molar-refractivity contribution in [2.75, 3.05) is 7.11 Å². The number of ether oxygens (including phenoxy) is 1. The number of carbonyl (C=O) groups is 1. The quantitative estimate of drug-likeness (QED) is 0.493. The predicted molar refractivity (Wildman–Crippen MR) is 44.4 cm³/mol. The summed E-state index contributed by atoms with van der Waals surface area (Å²) in [5.41, 5.74) is 0.458. The fraction of sp³-hybridized carbons (Fsp3) is 0.250. The molecule has 0 amide bonds. The Hall–Kier alpha value is -1.58. The second-order valence-electron chi connectivity index (χ2n) is 2.22. The fourth-order valence-electron chi connectivity index (χ4n) is 0.884. The fourth-order valence-corrected chi connectivity index (χ4v) is 0.884. The van der Waals surface area contributed by atoms with Gasteiger partial charge in [-0.2, -0.15) is 0 Å². The SMILES string of the molecule is C=CCn1cc(C=O)c(OC)n1. The molecule has 0 aliphatic rings. The Kier molecular flexibility index (Phi) is 2.63. The topological polar surface area (TPSA) is 44.1 Å². The molecule has 1 heterocycles. The van der Waals surface area contributed by atoms with Crippen LogP contribution in [0, 0.1) is 0 Å². The summed E-state index contributed by atoms with van der Waals surface area (Å²) in [6.07, 6.45) is 4.03. The van der Waals surface area contributed by atoms with E-state index in [4.69, 9.17) is 4.74 Å². The second-order valence-corrected chi connectivity index (χ2v) is 2.22. The van der Waals surface area contributed by atoms with Crippen molar-refractivity contribution < 1.29 is 9.53 Å². The highest BCUT2D eigenvalue weighted by molar-refractivity contribution is 5.77. The molecule has 1 rings (SSSR count). The standard InChI is InChI=1S/C8H10N2O2/c1-3-4-10-5-7(6-11)8(9-10)12-2/h3,5-6H,1,4H2,2H3. The van der Waals surface area contributed by atoms with Crippen LogP contribution in [-0.4, -0.2) is 23.2 Å². The molecule has 64 valence electrons. The van der Waals surface area contributed by atoms with E-state index in [1.807, 2.05) is 0 Å². The van der Waals surface area contributed by atoms with Gasteiger partial charge in [-0.05, 0) is 0 Å². The molecule has 0 aliphatic carbocycles. The molecule has 0 bridgehead atoms. The molecule has 0 spiro atoms. The molecule has 0 unspecified atom stereocenters. The van der Waals surface area contributed by atoms with Crippen molar-refractivity contribution in [3.05, 3.63) is 24.4 Å². The van der Waals surface area contributed by atoms with Gasteiger partial charge in [0.15, 0.2) is 6.29 Å². The van der Waals surface area contributed by atoms with E-state index in [1.54, 1.807) is 17.0 Å². The number of nitrogens with zero attached hydrogens (tertiary/aromatic N) is 2. The molecule has 0 saturated carbocycles. The summed E-state index contributed by atoms with van der Waals surface area (Å²) >= 11 is 0. The van der Waals surface area contributed by atoms with E-state index in [-0.39, 0.29) is 0 Å². The van der Waals surface area contributed by atoms with Crippen LogP contribution in [0.5, 0.6) is 5.88 Å². The van der Waals surface area contributed by atoms with Crippen LogP contribution in [0.25, 0.3) is 0 Å². The maximum Gasteiger partial charge on any atom is 0.243 e. The first-order valence-electron chi connectivity index (χ1n) is 3.49. The maximum atomic E-state index is 10.4. The van der Waals surface area contributed by atoms with Gasteiger partial charge in [-0.15, -0.1) is 11.7 Å². The van der Waals surface area contributed by atoms with Gasteiger partial charge in [0.05, 0.1) is 19.2 Å². The Bertz CT molecular complexity index is 291. The third-order valence-corrected chi connectivity index (χ3v) is 1.39. The summed E-state index contributed by atoms with van der Waals surface area (Å²) in [4.78, 5) is 10.4. The van der Waals surface area contributed by atoms with Gasteiger partial charge in [0, 0.05) is 6.20 Å². The highest BCUT2D eigenvalue weighted by atomic mass is 16.5. The van der Waals surface area contributed by atoms with Gasteiger partial charge in [-0.1, -0.05) is 6.08 Å². The van der Waals surface area contributed by atoms with Crippen molar-refractivity contribution >= 4 is 6.29 Å². The highest BCUT2D eigenvalue weighted by Gasteiger charge is 2.06. The molecule has 0 aliphatic heterocycles. The molecular formula is C8H10N2O2. The first-order chi connectivity index (χ1) is 5.81. The van der Waals surface area contributed by atoms with Gasteiger partial charge in [-0.25, -0.2) is 0 Å². The zero-order valence-corrected chi connectivity index (χ0v) is 6.86. The third kappa shape index (κ3) is 1.53. The lowest BCUT2D eigenvalue weighted by atomic mass is 10.4. The van der Waals surface area contributed by atoms with Crippen molar-refractivity contribution in [1.82, 2.24) is 9.78 Å². The summed E-state index contributed by atoms with van der Waals surface area (Å²) in [6.45, 7) is 4.13.